The topological polar surface area (TPSA) is 156 Å². The highest BCUT2D eigenvalue weighted by atomic mass is 16.6. The quantitative estimate of drug-likeness (QED) is 0.115. The Balaban J connectivity index is 1.54. The second kappa shape index (κ2) is 16.5. The van der Waals surface area contributed by atoms with Gasteiger partial charge < -0.3 is 42.6 Å². The number of benzene rings is 4. The number of aromatic nitrogens is 3. The van der Waals surface area contributed by atoms with Crippen LogP contribution in [0, 0.1) is 0 Å². The molecule has 0 aliphatic rings. The molecule has 258 valence electrons. The molecule has 0 N–H and O–H groups in total. The van der Waals surface area contributed by atoms with Crippen LogP contribution in [0.3, 0.4) is 0 Å². The molecule has 0 radical (unpaired) electrons. The Hall–Kier alpha value is -6.57. The maximum atomic E-state index is 12.5. The molecular weight excluding hydrogens is 650 g/mol. The molecular formula is C36H33N3O11. The minimum absolute atomic E-state index is 0.0149. The number of nitrogens with zero attached hydrogens (tertiary/aromatic N) is 3. The van der Waals surface area contributed by atoms with Crippen molar-refractivity contribution in [3.05, 3.63) is 107 Å². The molecule has 0 spiro atoms. The lowest BCUT2D eigenvalue weighted by Crippen LogP contribution is -2.07. The fourth-order valence-electron chi connectivity index (χ4n) is 4.52. The summed E-state index contributed by atoms with van der Waals surface area (Å²) < 4.78 is 50.6. The van der Waals surface area contributed by atoms with E-state index in [4.69, 9.17) is 42.6 Å². The minimum atomic E-state index is -0.650. The summed E-state index contributed by atoms with van der Waals surface area (Å²) in [6.07, 6.45) is 0. The Morgan fingerprint density at radius 1 is 0.500 bits per heavy atom. The zero-order chi connectivity index (χ0) is 35.5. The molecule has 14 heteroatoms. The van der Waals surface area contributed by atoms with Crippen molar-refractivity contribution in [2.45, 2.75) is 13.2 Å². The van der Waals surface area contributed by atoms with Gasteiger partial charge in [0.2, 0.25) is 11.5 Å². The van der Waals surface area contributed by atoms with E-state index in [-0.39, 0.29) is 76.9 Å². The van der Waals surface area contributed by atoms with Crippen molar-refractivity contribution in [3.63, 3.8) is 0 Å². The van der Waals surface area contributed by atoms with Gasteiger partial charge in [-0.25, -0.2) is 9.59 Å². The summed E-state index contributed by atoms with van der Waals surface area (Å²) in [5.74, 6) is -0.602. The maximum Gasteiger partial charge on any atom is 0.338 e. The van der Waals surface area contributed by atoms with Crippen LogP contribution in [0.15, 0.2) is 84.9 Å². The van der Waals surface area contributed by atoms with Crippen molar-refractivity contribution in [1.82, 2.24) is 15.0 Å². The van der Waals surface area contributed by atoms with E-state index in [1.807, 2.05) is 60.7 Å². The Morgan fingerprint density at radius 2 is 0.880 bits per heavy atom. The van der Waals surface area contributed by atoms with E-state index >= 15 is 0 Å². The first-order valence-corrected chi connectivity index (χ1v) is 15.0. The number of rotatable bonds is 15. The van der Waals surface area contributed by atoms with Crippen molar-refractivity contribution in [3.8, 4) is 52.5 Å². The van der Waals surface area contributed by atoms with E-state index in [1.54, 1.807) is 0 Å². The molecule has 0 atom stereocenters. The third-order valence-electron chi connectivity index (χ3n) is 6.93. The number of methoxy groups -OCH3 is 5. The van der Waals surface area contributed by atoms with Crippen molar-refractivity contribution in [2.24, 2.45) is 0 Å². The van der Waals surface area contributed by atoms with E-state index in [9.17, 15) is 9.59 Å². The number of carbonyl (C=O) groups excluding carboxylic acids is 2. The molecule has 0 aliphatic heterocycles. The van der Waals surface area contributed by atoms with Gasteiger partial charge in [0.25, 0.3) is 0 Å². The molecule has 0 aliphatic carbocycles. The maximum absolute atomic E-state index is 12.5. The van der Waals surface area contributed by atoms with Crippen LogP contribution in [0.4, 0.5) is 0 Å². The average Bonchev–Trinajstić information content (AvgIpc) is 3.16. The lowest BCUT2D eigenvalue weighted by molar-refractivity contribution is 0.0591. The molecule has 0 saturated carbocycles. The Morgan fingerprint density at radius 3 is 1.24 bits per heavy atom. The van der Waals surface area contributed by atoms with Crippen LogP contribution in [-0.4, -0.2) is 62.4 Å². The van der Waals surface area contributed by atoms with Crippen molar-refractivity contribution >= 4 is 11.9 Å². The Labute approximate surface area is 287 Å². The number of hydrogen-bond acceptors (Lipinski definition) is 14. The number of carbonyl (C=O) groups is 2. The van der Waals surface area contributed by atoms with Gasteiger partial charge in [-0.3, -0.25) is 0 Å². The summed E-state index contributed by atoms with van der Waals surface area (Å²) in [6, 6.07) is 23.7. The molecule has 0 bridgehead atoms. The summed E-state index contributed by atoms with van der Waals surface area (Å²) in [7, 11) is 6.67. The first-order chi connectivity index (χ1) is 24.3. The molecule has 1 heterocycles. The van der Waals surface area contributed by atoms with Gasteiger partial charge in [0, 0.05) is 0 Å². The highest BCUT2D eigenvalue weighted by molar-refractivity contribution is 5.91. The van der Waals surface area contributed by atoms with Gasteiger partial charge in [0.1, 0.15) is 13.2 Å². The summed E-state index contributed by atoms with van der Waals surface area (Å²) in [4.78, 5) is 37.8. The molecule has 0 amide bonds. The van der Waals surface area contributed by atoms with Gasteiger partial charge in [-0.2, -0.15) is 0 Å². The normalized spacial score (nSPS) is 10.4. The van der Waals surface area contributed by atoms with Crippen LogP contribution in [0.5, 0.6) is 52.5 Å². The molecule has 14 nitrogen and oxygen atoms in total. The number of ether oxygens (including phenoxy) is 9. The molecule has 4 aromatic carbocycles. The fourth-order valence-corrected chi connectivity index (χ4v) is 4.52. The largest absolute Gasteiger partial charge is 0.493 e. The molecule has 5 rings (SSSR count). The second-order valence-corrected chi connectivity index (χ2v) is 10.1. The van der Waals surface area contributed by atoms with Gasteiger partial charge in [0.15, 0.2) is 23.0 Å². The summed E-state index contributed by atoms with van der Waals surface area (Å²) in [6.45, 7) is 0.286. The van der Waals surface area contributed by atoms with E-state index in [0.29, 0.717) is 0 Å². The molecule has 0 saturated heterocycles. The second-order valence-electron chi connectivity index (χ2n) is 10.1. The first-order valence-electron chi connectivity index (χ1n) is 15.0. The van der Waals surface area contributed by atoms with E-state index in [1.165, 1.54) is 59.8 Å². The van der Waals surface area contributed by atoms with Gasteiger partial charge >= 0.3 is 30.0 Å². The van der Waals surface area contributed by atoms with E-state index in [0.717, 1.165) is 11.1 Å². The lowest BCUT2D eigenvalue weighted by atomic mass is 10.1. The fraction of sp³-hybridized carbons (Fsp3) is 0.194. The van der Waals surface area contributed by atoms with Crippen molar-refractivity contribution < 1.29 is 52.2 Å². The summed E-state index contributed by atoms with van der Waals surface area (Å²) >= 11 is 0. The molecule has 50 heavy (non-hydrogen) atoms. The molecule has 0 fully saturated rings. The zero-order valence-corrected chi connectivity index (χ0v) is 27.8. The lowest BCUT2D eigenvalue weighted by Gasteiger charge is -2.17. The smallest absolute Gasteiger partial charge is 0.338 e. The van der Waals surface area contributed by atoms with E-state index in [2.05, 4.69) is 15.0 Å². The third kappa shape index (κ3) is 8.47. The summed E-state index contributed by atoms with van der Waals surface area (Å²) in [5, 5.41) is 0. The van der Waals surface area contributed by atoms with Crippen LogP contribution in [0.2, 0.25) is 0 Å². The summed E-state index contributed by atoms with van der Waals surface area (Å²) in [5.41, 5.74) is 1.95. The Bertz CT molecular complexity index is 1800. The average molecular weight is 684 g/mol. The zero-order valence-electron chi connectivity index (χ0n) is 27.8. The van der Waals surface area contributed by atoms with Gasteiger partial charge in [-0.05, 0) is 35.4 Å². The van der Waals surface area contributed by atoms with E-state index < -0.39 is 11.9 Å². The van der Waals surface area contributed by atoms with Crippen LogP contribution < -0.4 is 33.2 Å². The first kappa shape index (κ1) is 34.8. The predicted molar refractivity (Wildman–Crippen MR) is 177 cm³/mol. The minimum Gasteiger partial charge on any atom is -0.493 e. The van der Waals surface area contributed by atoms with Gasteiger partial charge in [-0.1, -0.05) is 60.7 Å². The third-order valence-corrected chi connectivity index (χ3v) is 6.93. The monoisotopic (exact) mass is 683 g/mol. The van der Waals surface area contributed by atoms with Gasteiger partial charge in [0.05, 0.1) is 46.7 Å². The van der Waals surface area contributed by atoms with Crippen molar-refractivity contribution in [1.29, 1.82) is 0 Å². The number of hydrogen-bond donors (Lipinski definition) is 0. The van der Waals surface area contributed by atoms with Crippen molar-refractivity contribution in [2.75, 3.05) is 35.5 Å². The SMILES string of the molecule is COC(=O)c1cc(OC)c(OCc2ccccc2)c(Oc2nc(OC)nc(Oc3cc(C(=O)OC)cc(OC)c3OCc3ccccc3)n2)c1. The Kier molecular flexibility index (Phi) is 11.5. The van der Waals surface area contributed by atoms with Crippen LogP contribution in [-0.2, 0) is 22.7 Å². The molecule has 0 unspecified atom stereocenters. The standard InChI is InChI=1S/C36H33N3O11/c1-42-26-16-24(32(40)44-3)18-28(30(26)47-20-22-12-8-6-9-13-22)49-35-37-34(46-5)38-36(39-35)50-29-19-25(33(41)45-4)17-27(43-2)31(29)48-21-23-14-10-7-11-15-23/h6-19H,20-21H2,1-5H3. The predicted octanol–water partition coefficient (Wildman–Crippen LogP) is 6.21. The molecule has 5 aromatic rings. The van der Waals surface area contributed by atoms with Crippen LogP contribution in [0.25, 0.3) is 0 Å². The van der Waals surface area contributed by atoms with Crippen LogP contribution in [0.1, 0.15) is 31.8 Å². The van der Waals surface area contributed by atoms with Crippen LogP contribution >= 0.6 is 0 Å². The molecule has 1 aromatic heterocycles. The van der Waals surface area contributed by atoms with Gasteiger partial charge in [-0.15, -0.1) is 15.0 Å². The highest BCUT2D eigenvalue weighted by Crippen LogP contribution is 2.43. The highest BCUT2D eigenvalue weighted by Gasteiger charge is 2.24. The number of esters is 2.